The van der Waals surface area contributed by atoms with E-state index in [1.807, 2.05) is 18.2 Å². The third-order valence-corrected chi connectivity index (χ3v) is 2.74. The molecule has 1 aromatic rings. The molecule has 0 unspecified atom stereocenters. The van der Waals surface area contributed by atoms with Crippen LogP contribution in [0.2, 0.25) is 5.02 Å². The minimum Gasteiger partial charge on any atom is -0.492 e. The second-order valence-corrected chi connectivity index (χ2v) is 4.30. The van der Waals surface area contributed by atoms with E-state index < -0.39 is 0 Å². The molecule has 0 heterocycles. The van der Waals surface area contributed by atoms with E-state index in [9.17, 15) is 0 Å². The summed E-state index contributed by atoms with van der Waals surface area (Å²) in [5, 5.41) is 9.61. The Balaban J connectivity index is 2.29. The number of rotatable bonds is 9. The van der Waals surface area contributed by atoms with Gasteiger partial charge in [0.15, 0.2) is 0 Å². The molecule has 0 aliphatic carbocycles. The zero-order valence-electron chi connectivity index (χ0n) is 10.6. The number of ether oxygens (including phenoxy) is 2. The predicted octanol–water partition coefficient (Wildman–Crippen LogP) is 1.66. The summed E-state index contributed by atoms with van der Waals surface area (Å²) in [6, 6.07) is 7.32. The van der Waals surface area contributed by atoms with Crippen LogP contribution in [0.1, 0.15) is 0 Å². The van der Waals surface area contributed by atoms with Gasteiger partial charge in [-0.15, -0.1) is 0 Å². The first-order valence-corrected chi connectivity index (χ1v) is 6.34. The van der Waals surface area contributed by atoms with Crippen LogP contribution in [0, 0.1) is 0 Å². The van der Waals surface area contributed by atoms with Gasteiger partial charge in [-0.3, -0.25) is 4.90 Å². The standard InChI is InChI=1S/C13H20ClNO3/c1-17-9-6-15(5-8-16)7-10-18-13-4-2-3-12(14)11-13/h2-4,11,16H,5-10H2,1H3. The van der Waals surface area contributed by atoms with Gasteiger partial charge in [0.05, 0.1) is 13.2 Å². The molecule has 0 spiro atoms. The normalized spacial score (nSPS) is 10.9. The molecule has 0 aromatic heterocycles. The van der Waals surface area contributed by atoms with Crippen LogP contribution in [0.3, 0.4) is 0 Å². The summed E-state index contributed by atoms with van der Waals surface area (Å²) in [5.74, 6) is 0.762. The maximum absolute atomic E-state index is 8.95. The van der Waals surface area contributed by atoms with Crippen molar-refractivity contribution < 1.29 is 14.6 Å². The van der Waals surface area contributed by atoms with Crippen LogP contribution >= 0.6 is 11.6 Å². The molecule has 1 N–H and O–H groups in total. The number of halogens is 1. The molecule has 0 amide bonds. The van der Waals surface area contributed by atoms with Crippen LogP contribution in [-0.4, -0.2) is 56.6 Å². The second-order valence-electron chi connectivity index (χ2n) is 3.86. The van der Waals surface area contributed by atoms with Crippen LogP contribution in [0.25, 0.3) is 0 Å². The van der Waals surface area contributed by atoms with Gasteiger partial charge >= 0.3 is 0 Å². The van der Waals surface area contributed by atoms with E-state index in [1.165, 1.54) is 0 Å². The Kier molecular flexibility index (Phi) is 7.76. The van der Waals surface area contributed by atoms with Crippen molar-refractivity contribution in [3.05, 3.63) is 29.3 Å². The Bertz CT molecular complexity index is 336. The van der Waals surface area contributed by atoms with Crippen LogP contribution in [-0.2, 0) is 4.74 Å². The molecule has 0 aliphatic heterocycles. The van der Waals surface area contributed by atoms with Gasteiger partial charge in [-0.25, -0.2) is 0 Å². The van der Waals surface area contributed by atoms with Crippen LogP contribution < -0.4 is 4.74 Å². The molecule has 5 heteroatoms. The van der Waals surface area contributed by atoms with Crippen molar-refractivity contribution >= 4 is 11.6 Å². The predicted molar refractivity (Wildman–Crippen MR) is 72.3 cm³/mol. The summed E-state index contributed by atoms with van der Waals surface area (Å²) in [4.78, 5) is 2.09. The van der Waals surface area contributed by atoms with Crippen molar-refractivity contribution in [3.8, 4) is 5.75 Å². The summed E-state index contributed by atoms with van der Waals surface area (Å²) < 4.78 is 10.6. The minimum atomic E-state index is 0.140. The minimum absolute atomic E-state index is 0.140. The highest BCUT2D eigenvalue weighted by Crippen LogP contribution is 2.16. The number of benzene rings is 1. The quantitative estimate of drug-likeness (QED) is 0.743. The average molecular weight is 274 g/mol. The first-order valence-electron chi connectivity index (χ1n) is 5.96. The van der Waals surface area contributed by atoms with Crippen molar-refractivity contribution in [2.75, 3.05) is 46.6 Å². The number of methoxy groups -OCH3 is 1. The molecule has 1 aromatic carbocycles. The summed E-state index contributed by atoms with van der Waals surface area (Å²) in [6.07, 6.45) is 0. The lowest BCUT2D eigenvalue weighted by atomic mass is 10.3. The maximum atomic E-state index is 8.95. The fourth-order valence-corrected chi connectivity index (χ4v) is 1.73. The molecular weight excluding hydrogens is 254 g/mol. The van der Waals surface area contributed by atoms with Crippen molar-refractivity contribution in [2.24, 2.45) is 0 Å². The van der Waals surface area contributed by atoms with Gasteiger partial charge in [0.25, 0.3) is 0 Å². The van der Waals surface area contributed by atoms with Crippen LogP contribution in [0.5, 0.6) is 5.75 Å². The van der Waals surface area contributed by atoms with Gasteiger partial charge in [-0.2, -0.15) is 0 Å². The number of hydrogen-bond acceptors (Lipinski definition) is 4. The van der Waals surface area contributed by atoms with E-state index in [1.54, 1.807) is 13.2 Å². The third-order valence-electron chi connectivity index (χ3n) is 2.50. The smallest absolute Gasteiger partial charge is 0.120 e. The van der Waals surface area contributed by atoms with Crippen LogP contribution in [0.4, 0.5) is 0 Å². The fraction of sp³-hybridized carbons (Fsp3) is 0.538. The van der Waals surface area contributed by atoms with E-state index in [2.05, 4.69) is 4.90 Å². The summed E-state index contributed by atoms with van der Waals surface area (Å²) in [5.41, 5.74) is 0. The molecule has 0 atom stereocenters. The largest absolute Gasteiger partial charge is 0.492 e. The van der Waals surface area contributed by atoms with Gasteiger partial charge in [-0.05, 0) is 18.2 Å². The van der Waals surface area contributed by atoms with Crippen molar-refractivity contribution in [3.63, 3.8) is 0 Å². The maximum Gasteiger partial charge on any atom is 0.120 e. The second kappa shape index (κ2) is 9.16. The highest BCUT2D eigenvalue weighted by atomic mass is 35.5. The molecule has 1 rings (SSSR count). The van der Waals surface area contributed by atoms with Crippen molar-refractivity contribution in [1.82, 2.24) is 4.90 Å². The molecular formula is C13H20ClNO3. The van der Waals surface area contributed by atoms with E-state index in [-0.39, 0.29) is 6.61 Å². The van der Waals surface area contributed by atoms with Gasteiger partial charge < -0.3 is 14.6 Å². The Morgan fingerprint density at radius 2 is 2.00 bits per heavy atom. The average Bonchev–Trinajstić information content (AvgIpc) is 2.36. The number of nitrogens with zero attached hydrogens (tertiary/aromatic N) is 1. The molecule has 0 saturated heterocycles. The first kappa shape index (κ1) is 15.2. The Morgan fingerprint density at radius 3 is 2.67 bits per heavy atom. The highest BCUT2D eigenvalue weighted by molar-refractivity contribution is 6.30. The van der Waals surface area contributed by atoms with Gasteiger partial charge in [0, 0.05) is 31.8 Å². The van der Waals surface area contributed by atoms with E-state index in [4.69, 9.17) is 26.2 Å². The van der Waals surface area contributed by atoms with Crippen molar-refractivity contribution in [1.29, 1.82) is 0 Å². The summed E-state index contributed by atoms with van der Waals surface area (Å²) in [7, 11) is 1.67. The molecule has 4 nitrogen and oxygen atoms in total. The van der Waals surface area contributed by atoms with E-state index in [0.717, 1.165) is 18.8 Å². The lowest BCUT2D eigenvalue weighted by Gasteiger charge is -2.20. The summed E-state index contributed by atoms with van der Waals surface area (Å²) >= 11 is 5.86. The zero-order chi connectivity index (χ0) is 13.2. The monoisotopic (exact) mass is 273 g/mol. The first-order chi connectivity index (χ1) is 8.76. The van der Waals surface area contributed by atoms with Crippen molar-refractivity contribution in [2.45, 2.75) is 0 Å². The lowest BCUT2D eigenvalue weighted by molar-refractivity contribution is 0.118. The fourth-order valence-electron chi connectivity index (χ4n) is 1.55. The molecule has 18 heavy (non-hydrogen) atoms. The number of aliphatic hydroxyl groups excluding tert-OH is 1. The van der Waals surface area contributed by atoms with E-state index in [0.29, 0.717) is 24.8 Å². The zero-order valence-corrected chi connectivity index (χ0v) is 11.4. The SMILES string of the molecule is COCCN(CCO)CCOc1cccc(Cl)c1. The molecule has 0 saturated carbocycles. The van der Waals surface area contributed by atoms with Gasteiger partial charge in [0.2, 0.25) is 0 Å². The van der Waals surface area contributed by atoms with Gasteiger partial charge in [0.1, 0.15) is 12.4 Å². The molecule has 0 radical (unpaired) electrons. The van der Waals surface area contributed by atoms with Crippen LogP contribution in [0.15, 0.2) is 24.3 Å². The Hall–Kier alpha value is -0.810. The highest BCUT2D eigenvalue weighted by Gasteiger charge is 2.04. The molecule has 0 bridgehead atoms. The Labute approximate surface area is 113 Å². The Morgan fingerprint density at radius 1 is 1.22 bits per heavy atom. The summed E-state index contributed by atoms with van der Waals surface area (Å²) in [6.45, 7) is 3.51. The number of aliphatic hydroxyl groups is 1. The molecule has 0 aliphatic rings. The topological polar surface area (TPSA) is 41.9 Å². The molecule has 0 fully saturated rings. The van der Waals surface area contributed by atoms with E-state index >= 15 is 0 Å². The third kappa shape index (κ3) is 6.21. The number of hydrogen-bond donors (Lipinski definition) is 1. The van der Waals surface area contributed by atoms with Gasteiger partial charge in [-0.1, -0.05) is 17.7 Å². The lowest BCUT2D eigenvalue weighted by Crippen LogP contribution is -2.33. The molecule has 102 valence electrons.